The van der Waals surface area contributed by atoms with E-state index in [-0.39, 0.29) is 18.0 Å². The Morgan fingerprint density at radius 1 is 1.48 bits per heavy atom. The molecule has 21 heavy (non-hydrogen) atoms. The van der Waals surface area contributed by atoms with Crippen LogP contribution in [0.15, 0.2) is 24.3 Å². The molecule has 2 atom stereocenters. The standard InChI is InChI=1S/C16H24ClN3O/c1-11(14-5-3-4-6-15(14)17)20(2)13(10-18)9-16(21)19-12-7-8-12/h3-6,11-13H,7-10,18H2,1-2H3,(H,19,21). The van der Waals surface area contributed by atoms with Gasteiger partial charge < -0.3 is 11.1 Å². The number of amides is 1. The zero-order valence-corrected chi connectivity index (χ0v) is 13.4. The number of benzene rings is 1. The molecule has 1 amide bonds. The fraction of sp³-hybridized carbons (Fsp3) is 0.562. The second-order valence-electron chi connectivity index (χ2n) is 5.80. The Morgan fingerprint density at radius 2 is 2.14 bits per heavy atom. The monoisotopic (exact) mass is 309 g/mol. The van der Waals surface area contributed by atoms with Crippen molar-refractivity contribution < 1.29 is 4.79 Å². The quantitative estimate of drug-likeness (QED) is 0.813. The summed E-state index contributed by atoms with van der Waals surface area (Å²) >= 11 is 6.26. The molecule has 0 radical (unpaired) electrons. The van der Waals surface area contributed by atoms with Crippen LogP contribution in [0.25, 0.3) is 0 Å². The van der Waals surface area contributed by atoms with Gasteiger partial charge in [-0.05, 0) is 38.4 Å². The lowest BCUT2D eigenvalue weighted by molar-refractivity contribution is -0.122. The van der Waals surface area contributed by atoms with Gasteiger partial charge in [0.1, 0.15) is 0 Å². The number of nitrogens with two attached hydrogens (primary N) is 1. The van der Waals surface area contributed by atoms with E-state index in [2.05, 4.69) is 17.1 Å². The summed E-state index contributed by atoms with van der Waals surface area (Å²) in [6.07, 6.45) is 2.63. The van der Waals surface area contributed by atoms with E-state index in [0.29, 0.717) is 19.0 Å². The van der Waals surface area contributed by atoms with E-state index >= 15 is 0 Å². The summed E-state index contributed by atoms with van der Waals surface area (Å²) < 4.78 is 0. The average Bonchev–Trinajstić information content (AvgIpc) is 3.27. The third kappa shape index (κ3) is 4.43. The van der Waals surface area contributed by atoms with E-state index in [1.54, 1.807) is 0 Å². The zero-order chi connectivity index (χ0) is 15.4. The van der Waals surface area contributed by atoms with Crippen molar-refractivity contribution in [1.82, 2.24) is 10.2 Å². The molecule has 0 heterocycles. The molecule has 0 aromatic heterocycles. The minimum Gasteiger partial charge on any atom is -0.353 e. The fourth-order valence-corrected chi connectivity index (χ4v) is 2.77. The molecule has 1 aromatic rings. The highest BCUT2D eigenvalue weighted by atomic mass is 35.5. The smallest absolute Gasteiger partial charge is 0.221 e. The number of likely N-dealkylation sites (N-methyl/N-ethyl adjacent to an activating group) is 1. The van der Waals surface area contributed by atoms with Crippen LogP contribution in [0.5, 0.6) is 0 Å². The van der Waals surface area contributed by atoms with Crippen molar-refractivity contribution >= 4 is 17.5 Å². The summed E-state index contributed by atoms with van der Waals surface area (Å²) in [7, 11) is 2.00. The topological polar surface area (TPSA) is 58.4 Å². The Hall–Kier alpha value is -1.10. The van der Waals surface area contributed by atoms with Crippen LogP contribution in [0, 0.1) is 0 Å². The molecule has 0 spiro atoms. The third-order valence-corrected chi connectivity index (χ3v) is 4.52. The first-order chi connectivity index (χ1) is 10.0. The molecule has 1 aliphatic rings. The maximum absolute atomic E-state index is 12.0. The van der Waals surface area contributed by atoms with Gasteiger partial charge in [0.05, 0.1) is 0 Å². The summed E-state index contributed by atoms with van der Waals surface area (Å²) in [6, 6.07) is 8.31. The van der Waals surface area contributed by atoms with Gasteiger partial charge in [-0.15, -0.1) is 0 Å². The lowest BCUT2D eigenvalue weighted by atomic mass is 10.0. The Kier molecular flexibility index (Phi) is 5.62. The van der Waals surface area contributed by atoms with Crippen LogP contribution in [0.3, 0.4) is 0 Å². The predicted molar refractivity (Wildman–Crippen MR) is 86.3 cm³/mol. The van der Waals surface area contributed by atoms with Gasteiger partial charge in [-0.1, -0.05) is 29.8 Å². The van der Waals surface area contributed by atoms with Crippen molar-refractivity contribution in [2.75, 3.05) is 13.6 Å². The molecule has 1 saturated carbocycles. The van der Waals surface area contributed by atoms with Gasteiger partial charge in [-0.3, -0.25) is 9.69 Å². The van der Waals surface area contributed by atoms with E-state index in [9.17, 15) is 4.79 Å². The second kappa shape index (κ2) is 7.25. The summed E-state index contributed by atoms with van der Waals surface area (Å²) in [5.41, 5.74) is 6.93. The summed E-state index contributed by atoms with van der Waals surface area (Å²) in [5, 5.41) is 3.76. The van der Waals surface area contributed by atoms with Crippen molar-refractivity contribution in [2.45, 2.75) is 44.3 Å². The van der Waals surface area contributed by atoms with Gasteiger partial charge >= 0.3 is 0 Å². The lowest BCUT2D eigenvalue weighted by Crippen LogP contribution is -2.43. The highest BCUT2D eigenvalue weighted by Gasteiger charge is 2.27. The molecular formula is C16H24ClN3O. The van der Waals surface area contributed by atoms with Gasteiger partial charge in [0.2, 0.25) is 5.91 Å². The molecule has 3 N–H and O–H groups in total. The first-order valence-electron chi connectivity index (χ1n) is 7.48. The molecule has 116 valence electrons. The van der Waals surface area contributed by atoms with E-state index in [1.165, 1.54) is 0 Å². The largest absolute Gasteiger partial charge is 0.353 e. The average molecular weight is 310 g/mol. The molecule has 0 aliphatic heterocycles. The molecule has 2 rings (SSSR count). The normalized spacial score (nSPS) is 17.6. The molecule has 2 unspecified atom stereocenters. The maximum atomic E-state index is 12.0. The van der Waals surface area contributed by atoms with Gasteiger partial charge in [0.15, 0.2) is 0 Å². The number of rotatable bonds is 7. The number of nitrogens with one attached hydrogen (secondary N) is 1. The van der Waals surface area contributed by atoms with Crippen LogP contribution in [0.2, 0.25) is 5.02 Å². The number of hydrogen-bond acceptors (Lipinski definition) is 3. The molecule has 4 nitrogen and oxygen atoms in total. The molecule has 0 bridgehead atoms. The number of halogens is 1. The van der Waals surface area contributed by atoms with Crippen LogP contribution in [-0.2, 0) is 4.79 Å². The number of hydrogen-bond donors (Lipinski definition) is 2. The third-order valence-electron chi connectivity index (χ3n) is 4.18. The Balaban J connectivity index is 1.99. The maximum Gasteiger partial charge on any atom is 0.221 e. The number of nitrogens with zero attached hydrogens (tertiary/aromatic N) is 1. The van der Waals surface area contributed by atoms with Crippen LogP contribution < -0.4 is 11.1 Å². The van der Waals surface area contributed by atoms with Crippen LogP contribution in [0.1, 0.15) is 37.8 Å². The van der Waals surface area contributed by atoms with E-state index in [1.807, 2.05) is 31.3 Å². The SMILES string of the molecule is CC(c1ccccc1Cl)N(C)C(CN)CC(=O)NC1CC1. The molecule has 5 heteroatoms. The van der Waals surface area contributed by atoms with E-state index < -0.39 is 0 Å². The fourth-order valence-electron chi connectivity index (χ4n) is 2.47. The van der Waals surface area contributed by atoms with E-state index in [4.69, 9.17) is 17.3 Å². The molecule has 0 saturated heterocycles. The minimum atomic E-state index is 0.00928. The summed E-state index contributed by atoms with van der Waals surface area (Å²) in [4.78, 5) is 14.1. The van der Waals surface area contributed by atoms with Gasteiger partial charge in [-0.25, -0.2) is 0 Å². The van der Waals surface area contributed by atoms with Crippen molar-refractivity contribution in [3.63, 3.8) is 0 Å². The lowest BCUT2D eigenvalue weighted by Gasteiger charge is -2.32. The van der Waals surface area contributed by atoms with Crippen molar-refractivity contribution in [3.05, 3.63) is 34.9 Å². The molecule has 1 fully saturated rings. The highest BCUT2D eigenvalue weighted by molar-refractivity contribution is 6.31. The Morgan fingerprint density at radius 3 is 2.71 bits per heavy atom. The first-order valence-corrected chi connectivity index (χ1v) is 7.86. The van der Waals surface area contributed by atoms with Crippen molar-refractivity contribution in [2.24, 2.45) is 5.73 Å². The predicted octanol–water partition coefficient (Wildman–Crippen LogP) is 2.33. The van der Waals surface area contributed by atoms with Crippen molar-refractivity contribution in [1.29, 1.82) is 0 Å². The number of carbonyl (C=O) groups excluding carboxylic acids is 1. The minimum absolute atomic E-state index is 0.00928. The highest BCUT2D eigenvalue weighted by Crippen LogP contribution is 2.28. The summed E-state index contributed by atoms with van der Waals surface area (Å²) in [5.74, 6) is 0.0890. The number of carbonyl (C=O) groups is 1. The Bertz CT molecular complexity index is 490. The first kappa shape index (κ1) is 16.3. The summed E-state index contributed by atoms with van der Waals surface area (Å²) in [6.45, 7) is 2.53. The van der Waals surface area contributed by atoms with Crippen LogP contribution in [-0.4, -0.2) is 36.5 Å². The van der Waals surface area contributed by atoms with Crippen molar-refractivity contribution in [3.8, 4) is 0 Å². The molecular weight excluding hydrogens is 286 g/mol. The molecule has 1 aromatic carbocycles. The Labute approximate surface area is 131 Å². The zero-order valence-electron chi connectivity index (χ0n) is 12.7. The van der Waals surface area contributed by atoms with Gasteiger partial charge in [0, 0.05) is 36.1 Å². The van der Waals surface area contributed by atoms with Crippen LogP contribution >= 0.6 is 11.6 Å². The van der Waals surface area contributed by atoms with E-state index in [0.717, 1.165) is 23.4 Å². The van der Waals surface area contributed by atoms with Gasteiger partial charge in [0.25, 0.3) is 0 Å². The van der Waals surface area contributed by atoms with Gasteiger partial charge in [-0.2, -0.15) is 0 Å². The van der Waals surface area contributed by atoms with Crippen LogP contribution in [0.4, 0.5) is 0 Å². The molecule has 1 aliphatic carbocycles. The second-order valence-corrected chi connectivity index (χ2v) is 6.21.